The van der Waals surface area contributed by atoms with E-state index in [4.69, 9.17) is 9.41 Å². The maximum absolute atomic E-state index is 12.3. The molecule has 1 fully saturated rings. The molecule has 1 aromatic rings. The first kappa shape index (κ1) is 21.1. The molecule has 1 aromatic heterocycles. The van der Waals surface area contributed by atoms with Crippen LogP contribution in [0.3, 0.4) is 0 Å². The molecule has 8 heteroatoms. The molecule has 2 heterocycles. The van der Waals surface area contributed by atoms with Gasteiger partial charge in [-0.3, -0.25) is 9.79 Å². The number of nitrogens with zero attached hydrogens (tertiary/aromatic N) is 3. The number of carbonyl (C=O) groups excluding carboxylic acids is 1. The SMILES string of the molecule is CCNC(=NCCCSC)N1CCN(C(=O)c2ccco2)CC1.I. The van der Waals surface area contributed by atoms with Crippen LogP contribution >= 0.6 is 35.7 Å². The van der Waals surface area contributed by atoms with Crippen LogP contribution < -0.4 is 5.32 Å². The summed E-state index contributed by atoms with van der Waals surface area (Å²) >= 11 is 1.85. The lowest BCUT2D eigenvalue weighted by atomic mass is 10.3. The van der Waals surface area contributed by atoms with E-state index in [1.54, 1.807) is 12.1 Å². The minimum atomic E-state index is -0.0310. The number of hydrogen-bond donors (Lipinski definition) is 1. The van der Waals surface area contributed by atoms with Gasteiger partial charge in [-0.05, 0) is 37.5 Å². The fourth-order valence-corrected chi connectivity index (χ4v) is 2.91. The summed E-state index contributed by atoms with van der Waals surface area (Å²) in [4.78, 5) is 21.0. The van der Waals surface area contributed by atoms with Gasteiger partial charge in [0.2, 0.25) is 0 Å². The molecule has 1 N–H and O–H groups in total. The van der Waals surface area contributed by atoms with Gasteiger partial charge in [0.1, 0.15) is 0 Å². The highest BCUT2D eigenvalue weighted by molar-refractivity contribution is 14.0. The number of carbonyl (C=O) groups is 1. The second-order valence-corrected chi connectivity index (χ2v) is 6.32. The molecule has 0 saturated carbocycles. The summed E-state index contributed by atoms with van der Waals surface area (Å²) in [7, 11) is 0. The largest absolute Gasteiger partial charge is 0.459 e. The standard InChI is InChI=1S/C16H26N4O2S.HI/c1-3-17-16(18-7-5-13-23-2)20-10-8-19(9-11-20)15(21)14-6-4-12-22-14;/h4,6,12H,3,5,7-11,13H2,1-2H3,(H,17,18);1H. The minimum Gasteiger partial charge on any atom is -0.459 e. The van der Waals surface area contributed by atoms with Gasteiger partial charge in [0.25, 0.3) is 5.91 Å². The van der Waals surface area contributed by atoms with E-state index in [1.807, 2.05) is 16.7 Å². The van der Waals surface area contributed by atoms with E-state index in [1.165, 1.54) is 6.26 Å². The number of halogens is 1. The number of piperazine rings is 1. The molecule has 0 aromatic carbocycles. The maximum Gasteiger partial charge on any atom is 0.289 e. The van der Waals surface area contributed by atoms with Gasteiger partial charge in [-0.2, -0.15) is 11.8 Å². The van der Waals surface area contributed by atoms with Crippen LogP contribution in [-0.4, -0.2) is 72.9 Å². The van der Waals surface area contributed by atoms with Crippen LogP contribution in [0.15, 0.2) is 27.8 Å². The topological polar surface area (TPSA) is 61.1 Å². The molecular weight excluding hydrogens is 439 g/mol. The molecule has 2 rings (SSSR count). The zero-order chi connectivity index (χ0) is 16.5. The number of rotatable bonds is 6. The third-order valence-electron chi connectivity index (χ3n) is 3.70. The molecular formula is C16H27IN4O2S. The zero-order valence-electron chi connectivity index (χ0n) is 14.4. The first-order chi connectivity index (χ1) is 11.3. The van der Waals surface area contributed by atoms with Crippen molar-refractivity contribution in [2.24, 2.45) is 4.99 Å². The van der Waals surface area contributed by atoms with Crippen LogP contribution in [0.2, 0.25) is 0 Å². The normalized spacial score (nSPS) is 15.2. The van der Waals surface area contributed by atoms with Gasteiger partial charge in [0.15, 0.2) is 11.7 Å². The summed E-state index contributed by atoms with van der Waals surface area (Å²) in [6.45, 7) is 6.74. The third kappa shape index (κ3) is 6.19. The van der Waals surface area contributed by atoms with Crippen LogP contribution in [0, 0.1) is 0 Å². The van der Waals surface area contributed by atoms with Crippen LogP contribution in [0.1, 0.15) is 23.9 Å². The molecule has 1 saturated heterocycles. The Bertz CT molecular complexity index is 502. The quantitative estimate of drug-likeness (QED) is 0.302. The Morgan fingerprint density at radius 3 is 2.62 bits per heavy atom. The van der Waals surface area contributed by atoms with Crippen molar-refractivity contribution in [1.29, 1.82) is 0 Å². The number of hydrogen-bond acceptors (Lipinski definition) is 4. The summed E-state index contributed by atoms with van der Waals surface area (Å²) < 4.78 is 5.19. The third-order valence-corrected chi connectivity index (χ3v) is 4.40. The van der Waals surface area contributed by atoms with Crippen molar-refractivity contribution in [3.8, 4) is 0 Å². The predicted molar refractivity (Wildman–Crippen MR) is 111 cm³/mol. The first-order valence-corrected chi connectivity index (χ1v) is 9.50. The van der Waals surface area contributed by atoms with Gasteiger partial charge in [-0.15, -0.1) is 24.0 Å². The van der Waals surface area contributed by atoms with E-state index < -0.39 is 0 Å². The Hall–Kier alpha value is -0.900. The van der Waals surface area contributed by atoms with Crippen LogP contribution in [0.4, 0.5) is 0 Å². The summed E-state index contributed by atoms with van der Waals surface area (Å²) in [5.74, 6) is 2.47. The Labute approximate surface area is 165 Å². The van der Waals surface area contributed by atoms with Gasteiger partial charge in [0, 0.05) is 39.3 Å². The van der Waals surface area contributed by atoms with Crippen molar-refractivity contribution in [3.05, 3.63) is 24.2 Å². The van der Waals surface area contributed by atoms with E-state index in [2.05, 4.69) is 23.4 Å². The average molecular weight is 466 g/mol. The Morgan fingerprint density at radius 2 is 2.04 bits per heavy atom. The summed E-state index contributed by atoms with van der Waals surface area (Å²) in [5.41, 5.74) is 0. The maximum atomic E-state index is 12.3. The summed E-state index contributed by atoms with van der Waals surface area (Å²) in [5, 5.41) is 3.35. The predicted octanol–water partition coefficient (Wildman–Crippen LogP) is 2.37. The number of thioether (sulfide) groups is 1. The van der Waals surface area contributed by atoms with Gasteiger partial charge in [-0.25, -0.2) is 0 Å². The molecule has 24 heavy (non-hydrogen) atoms. The lowest BCUT2D eigenvalue weighted by Gasteiger charge is -2.36. The van der Waals surface area contributed by atoms with Crippen LogP contribution in [0.5, 0.6) is 0 Å². The van der Waals surface area contributed by atoms with Crippen molar-refractivity contribution in [2.45, 2.75) is 13.3 Å². The molecule has 6 nitrogen and oxygen atoms in total. The van der Waals surface area contributed by atoms with Crippen LogP contribution in [-0.2, 0) is 0 Å². The van der Waals surface area contributed by atoms with Crippen molar-refractivity contribution in [3.63, 3.8) is 0 Å². The highest BCUT2D eigenvalue weighted by Gasteiger charge is 2.24. The molecule has 0 unspecified atom stereocenters. The first-order valence-electron chi connectivity index (χ1n) is 8.11. The van der Waals surface area contributed by atoms with Crippen molar-refractivity contribution in [2.75, 3.05) is 51.3 Å². The lowest BCUT2D eigenvalue weighted by Crippen LogP contribution is -2.53. The van der Waals surface area contributed by atoms with E-state index >= 15 is 0 Å². The van der Waals surface area contributed by atoms with Gasteiger partial charge < -0.3 is 19.5 Å². The van der Waals surface area contributed by atoms with E-state index in [9.17, 15) is 4.79 Å². The second kappa shape index (κ2) is 11.6. The van der Waals surface area contributed by atoms with E-state index in [0.29, 0.717) is 18.8 Å². The molecule has 0 bridgehead atoms. The molecule has 0 radical (unpaired) electrons. The number of nitrogens with one attached hydrogen (secondary N) is 1. The van der Waals surface area contributed by atoms with Gasteiger partial charge in [0.05, 0.1) is 6.26 Å². The molecule has 0 atom stereocenters. The van der Waals surface area contributed by atoms with E-state index in [0.717, 1.165) is 44.3 Å². The fourth-order valence-electron chi connectivity index (χ4n) is 2.50. The average Bonchev–Trinajstić information content (AvgIpc) is 3.12. The highest BCUT2D eigenvalue weighted by Crippen LogP contribution is 2.09. The smallest absolute Gasteiger partial charge is 0.289 e. The number of furan rings is 1. The number of amides is 1. The Morgan fingerprint density at radius 1 is 1.33 bits per heavy atom. The molecule has 1 aliphatic rings. The van der Waals surface area contributed by atoms with E-state index in [-0.39, 0.29) is 29.9 Å². The zero-order valence-corrected chi connectivity index (χ0v) is 17.5. The molecule has 0 spiro atoms. The number of guanidine groups is 1. The van der Waals surface area contributed by atoms with Gasteiger partial charge in [-0.1, -0.05) is 0 Å². The van der Waals surface area contributed by atoms with Crippen molar-refractivity contribution >= 4 is 47.6 Å². The monoisotopic (exact) mass is 466 g/mol. The fraction of sp³-hybridized carbons (Fsp3) is 0.625. The Balaban J connectivity index is 0.00000288. The molecule has 1 aliphatic heterocycles. The second-order valence-electron chi connectivity index (χ2n) is 5.34. The molecule has 1 amide bonds. The number of aliphatic imine (C=N–C) groups is 1. The van der Waals surface area contributed by atoms with Crippen molar-refractivity contribution in [1.82, 2.24) is 15.1 Å². The van der Waals surface area contributed by atoms with Gasteiger partial charge >= 0.3 is 0 Å². The Kier molecular flexibility index (Phi) is 10.2. The lowest BCUT2D eigenvalue weighted by molar-refractivity contribution is 0.0657. The minimum absolute atomic E-state index is 0. The van der Waals surface area contributed by atoms with Crippen molar-refractivity contribution < 1.29 is 9.21 Å². The summed E-state index contributed by atoms with van der Waals surface area (Å²) in [6.07, 6.45) is 4.74. The van der Waals surface area contributed by atoms with Crippen LogP contribution in [0.25, 0.3) is 0 Å². The highest BCUT2D eigenvalue weighted by atomic mass is 127. The summed E-state index contributed by atoms with van der Waals surface area (Å²) in [6, 6.07) is 3.46. The molecule has 136 valence electrons. The molecule has 0 aliphatic carbocycles.